The molecule has 1 N–H and O–H groups in total. The van der Waals surface area contributed by atoms with Gasteiger partial charge in [0.2, 0.25) is 5.56 Å². The maximum absolute atomic E-state index is 12.2. The first-order valence-electron chi connectivity index (χ1n) is 5.65. The number of hydrogen-bond acceptors (Lipinski definition) is 4. The van der Waals surface area contributed by atoms with Crippen molar-refractivity contribution in [1.82, 2.24) is 9.88 Å². The highest BCUT2D eigenvalue weighted by Crippen LogP contribution is 2.02. The maximum Gasteiger partial charge on any atom is 0.255 e. The third kappa shape index (κ3) is 4.31. The van der Waals surface area contributed by atoms with Gasteiger partial charge >= 0.3 is 0 Å². The summed E-state index contributed by atoms with van der Waals surface area (Å²) >= 11 is 0. The van der Waals surface area contributed by atoms with Crippen LogP contribution in [0.2, 0.25) is 0 Å². The van der Waals surface area contributed by atoms with E-state index in [1.165, 1.54) is 18.3 Å². The summed E-state index contributed by atoms with van der Waals surface area (Å²) in [5.74, 6) is -0.152. The number of methoxy groups -OCH3 is 2. The Labute approximate surface area is 106 Å². The highest BCUT2D eigenvalue weighted by Gasteiger charge is 2.15. The van der Waals surface area contributed by atoms with Crippen LogP contribution in [0.5, 0.6) is 0 Å². The highest BCUT2D eigenvalue weighted by molar-refractivity contribution is 5.93. The lowest BCUT2D eigenvalue weighted by molar-refractivity contribution is 0.0627. The third-order valence-corrected chi connectivity index (χ3v) is 2.45. The van der Waals surface area contributed by atoms with Crippen molar-refractivity contribution in [3.05, 3.63) is 34.2 Å². The lowest BCUT2D eigenvalue weighted by Gasteiger charge is -2.21. The molecule has 0 aliphatic rings. The molecular weight excluding hydrogens is 236 g/mol. The monoisotopic (exact) mass is 254 g/mol. The topological polar surface area (TPSA) is 71.6 Å². The molecule has 6 heteroatoms. The molecule has 6 nitrogen and oxygen atoms in total. The summed E-state index contributed by atoms with van der Waals surface area (Å²) in [5.41, 5.74) is 0.216. The number of carbonyl (C=O) groups excluding carboxylic acids is 1. The minimum absolute atomic E-state index is 0.152. The zero-order valence-corrected chi connectivity index (χ0v) is 10.6. The van der Waals surface area contributed by atoms with Crippen LogP contribution < -0.4 is 5.56 Å². The number of aromatic amines is 1. The molecule has 18 heavy (non-hydrogen) atoms. The molecule has 0 saturated carbocycles. The average Bonchev–Trinajstić information content (AvgIpc) is 2.39. The van der Waals surface area contributed by atoms with Gasteiger partial charge in [0.1, 0.15) is 0 Å². The van der Waals surface area contributed by atoms with Crippen LogP contribution in [0.4, 0.5) is 0 Å². The summed E-state index contributed by atoms with van der Waals surface area (Å²) in [7, 11) is 3.16. The first-order chi connectivity index (χ1) is 8.69. The molecule has 100 valence electrons. The standard InChI is InChI=1S/C12H18N2O4/c1-17-7-5-14(6-8-18-2)12(16)10-3-4-11(15)13-9-10/h3-4,9H,5-8H2,1-2H3,(H,13,15). The van der Waals surface area contributed by atoms with Gasteiger partial charge in [-0.1, -0.05) is 0 Å². The number of amides is 1. The molecule has 1 aromatic heterocycles. The molecular formula is C12H18N2O4. The van der Waals surface area contributed by atoms with Crippen LogP contribution in [0.1, 0.15) is 10.4 Å². The molecule has 0 bridgehead atoms. The van der Waals surface area contributed by atoms with Gasteiger partial charge in [0.05, 0.1) is 18.8 Å². The van der Waals surface area contributed by atoms with Crippen LogP contribution in [-0.2, 0) is 9.47 Å². The summed E-state index contributed by atoms with van der Waals surface area (Å²) in [4.78, 5) is 27.2. The van der Waals surface area contributed by atoms with Crippen LogP contribution in [0.15, 0.2) is 23.1 Å². The van der Waals surface area contributed by atoms with Gasteiger partial charge in [-0.3, -0.25) is 9.59 Å². The minimum Gasteiger partial charge on any atom is -0.383 e. The van der Waals surface area contributed by atoms with Crippen molar-refractivity contribution in [2.75, 3.05) is 40.5 Å². The normalized spacial score (nSPS) is 10.3. The van der Waals surface area contributed by atoms with E-state index in [0.29, 0.717) is 31.9 Å². The lowest BCUT2D eigenvalue weighted by Crippen LogP contribution is -2.36. The zero-order chi connectivity index (χ0) is 13.4. The molecule has 0 spiro atoms. The fourth-order valence-electron chi connectivity index (χ4n) is 1.44. The Bertz CT molecular complexity index is 402. The predicted octanol–water partition coefficient (Wildman–Crippen LogP) is 0.110. The Morgan fingerprint density at radius 1 is 1.22 bits per heavy atom. The Balaban J connectivity index is 2.73. The molecule has 1 rings (SSSR count). The number of nitrogens with zero attached hydrogens (tertiary/aromatic N) is 1. The van der Waals surface area contributed by atoms with Crippen molar-refractivity contribution in [3.63, 3.8) is 0 Å². The van der Waals surface area contributed by atoms with Crippen molar-refractivity contribution in [3.8, 4) is 0 Å². The first kappa shape index (κ1) is 14.4. The van der Waals surface area contributed by atoms with E-state index < -0.39 is 0 Å². The zero-order valence-electron chi connectivity index (χ0n) is 10.6. The van der Waals surface area contributed by atoms with Gasteiger partial charge in [-0.25, -0.2) is 0 Å². The van der Waals surface area contributed by atoms with Crippen molar-refractivity contribution in [2.24, 2.45) is 0 Å². The van der Waals surface area contributed by atoms with Gasteiger partial charge in [-0.05, 0) is 6.07 Å². The van der Waals surface area contributed by atoms with Crippen LogP contribution in [0.3, 0.4) is 0 Å². The Morgan fingerprint density at radius 2 is 1.83 bits per heavy atom. The van der Waals surface area contributed by atoms with Crippen LogP contribution >= 0.6 is 0 Å². The number of hydrogen-bond donors (Lipinski definition) is 1. The molecule has 0 atom stereocenters. The smallest absolute Gasteiger partial charge is 0.255 e. The highest BCUT2D eigenvalue weighted by atomic mass is 16.5. The number of carbonyl (C=O) groups is 1. The molecule has 1 aromatic rings. The largest absolute Gasteiger partial charge is 0.383 e. The van der Waals surface area contributed by atoms with Gasteiger partial charge in [0, 0.05) is 39.6 Å². The van der Waals surface area contributed by atoms with Crippen molar-refractivity contribution in [1.29, 1.82) is 0 Å². The predicted molar refractivity (Wildman–Crippen MR) is 66.7 cm³/mol. The van der Waals surface area contributed by atoms with E-state index in [-0.39, 0.29) is 11.5 Å². The lowest BCUT2D eigenvalue weighted by atomic mass is 10.2. The van der Waals surface area contributed by atoms with E-state index in [1.54, 1.807) is 19.1 Å². The molecule has 0 saturated heterocycles. The number of aromatic nitrogens is 1. The second kappa shape index (κ2) is 7.62. The summed E-state index contributed by atoms with van der Waals surface area (Å²) in [6.45, 7) is 1.88. The Hall–Kier alpha value is -1.66. The fraction of sp³-hybridized carbons (Fsp3) is 0.500. The SMILES string of the molecule is COCCN(CCOC)C(=O)c1ccc(=O)[nH]c1. The molecule has 0 fully saturated rings. The Kier molecular flexibility index (Phi) is 6.10. The number of nitrogens with one attached hydrogen (secondary N) is 1. The van der Waals surface area contributed by atoms with E-state index in [0.717, 1.165) is 0 Å². The van der Waals surface area contributed by atoms with Crippen LogP contribution in [-0.4, -0.2) is 56.3 Å². The van der Waals surface area contributed by atoms with Gasteiger partial charge in [-0.2, -0.15) is 0 Å². The van der Waals surface area contributed by atoms with E-state index >= 15 is 0 Å². The number of H-pyrrole nitrogens is 1. The van der Waals surface area contributed by atoms with Crippen LogP contribution in [0.25, 0.3) is 0 Å². The summed E-state index contributed by atoms with van der Waals surface area (Å²) in [5, 5.41) is 0. The second-order valence-electron chi connectivity index (χ2n) is 3.72. The molecule has 0 aliphatic heterocycles. The molecule has 0 aromatic carbocycles. The summed E-state index contributed by atoms with van der Waals surface area (Å²) in [6.07, 6.45) is 1.41. The Morgan fingerprint density at radius 3 is 2.28 bits per heavy atom. The van der Waals surface area contributed by atoms with Crippen molar-refractivity contribution >= 4 is 5.91 Å². The minimum atomic E-state index is -0.230. The van der Waals surface area contributed by atoms with E-state index in [4.69, 9.17) is 9.47 Å². The molecule has 0 unspecified atom stereocenters. The van der Waals surface area contributed by atoms with Gasteiger partial charge in [0.25, 0.3) is 5.91 Å². The molecule has 1 amide bonds. The van der Waals surface area contributed by atoms with Crippen molar-refractivity contribution < 1.29 is 14.3 Å². The summed E-state index contributed by atoms with van der Waals surface area (Å²) in [6, 6.07) is 2.84. The molecule has 0 radical (unpaired) electrons. The summed E-state index contributed by atoms with van der Waals surface area (Å²) < 4.78 is 9.93. The van der Waals surface area contributed by atoms with Crippen LogP contribution in [0, 0.1) is 0 Å². The van der Waals surface area contributed by atoms with E-state index in [2.05, 4.69) is 4.98 Å². The number of ether oxygens (including phenoxy) is 2. The van der Waals surface area contributed by atoms with E-state index in [1.807, 2.05) is 0 Å². The average molecular weight is 254 g/mol. The van der Waals surface area contributed by atoms with Gasteiger partial charge < -0.3 is 19.4 Å². The third-order valence-electron chi connectivity index (χ3n) is 2.45. The fourth-order valence-corrected chi connectivity index (χ4v) is 1.44. The molecule has 1 heterocycles. The van der Waals surface area contributed by atoms with Gasteiger partial charge in [0.15, 0.2) is 0 Å². The van der Waals surface area contributed by atoms with E-state index in [9.17, 15) is 9.59 Å². The quantitative estimate of drug-likeness (QED) is 0.749. The second-order valence-corrected chi connectivity index (χ2v) is 3.72. The molecule has 0 aliphatic carbocycles. The van der Waals surface area contributed by atoms with Gasteiger partial charge in [-0.15, -0.1) is 0 Å². The number of pyridine rings is 1. The maximum atomic E-state index is 12.2. The first-order valence-corrected chi connectivity index (χ1v) is 5.65. The number of rotatable bonds is 7. The van der Waals surface area contributed by atoms with Crippen molar-refractivity contribution in [2.45, 2.75) is 0 Å².